The molecule has 0 unspecified atom stereocenters. The molecule has 1 aliphatic rings. The highest BCUT2D eigenvalue weighted by molar-refractivity contribution is 8.00. The lowest BCUT2D eigenvalue weighted by Gasteiger charge is -2.45. The number of fused-ring (bicyclic) bond motifs is 1. The smallest absolute Gasteiger partial charge is 0.172 e. The highest BCUT2D eigenvalue weighted by atomic mass is 32.2. The molecule has 44 heavy (non-hydrogen) atoms. The van der Waals surface area contributed by atoms with Gasteiger partial charge in [-0.1, -0.05) is 121 Å². The summed E-state index contributed by atoms with van der Waals surface area (Å²) in [7, 11) is 1.69. The van der Waals surface area contributed by atoms with Crippen LogP contribution in [-0.4, -0.2) is 43.6 Å². The van der Waals surface area contributed by atoms with Crippen molar-refractivity contribution in [3.63, 3.8) is 0 Å². The summed E-state index contributed by atoms with van der Waals surface area (Å²) >= 11 is 1.71. The van der Waals surface area contributed by atoms with Crippen LogP contribution in [0.3, 0.4) is 0 Å². The third-order valence-corrected chi connectivity index (χ3v) is 9.07. The Kier molecular flexibility index (Phi) is 10.7. The minimum Gasteiger partial charge on any atom is -0.374 e. The van der Waals surface area contributed by atoms with Gasteiger partial charge in [-0.25, -0.2) is 0 Å². The molecule has 6 rings (SSSR count). The maximum absolute atomic E-state index is 6.81. The van der Waals surface area contributed by atoms with E-state index in [1.165, 1.54) is 10.8 Å². The van der Waals surface area contributed by atoms with Crippen LogP contribution >= 0.6 is 11.8 Å². The molecule has 226 valence electrons. The van der Waals surface area contributed by atoms with Crippen molar-refractivity contribution in [1.29, 1.82) is 0 Å². The van der Waals surface area contributed by atoms with Gasteiger partial charge in [-0.2, -0.15) is 0 Å². The lowest BCUT2D eigenvalue weighted by Crippen LogP contribution is -2.59. The fourth-order valence-electron chi connectivity index (χ4n) is 5.52. The molecule has 0 N–H and O–H groups in total. The van der Waals surface area contributed by atoms with Crippen molar-refractivity contribution < 1.29 is 23.7 Å². The first kappa shape index (κ1) is 30.5. The first-order valence-electron chi connectivity index (χ1n) is 15.0. The topological polar surface area (TPSA) is 46.2 Å². The van der Waals surface area contributed by atoms with Crippen LogP contribution in [0.4, 0.5) is 0 Å². The average molecular weight is 607 g/mol. The molecule has 1 aliphatic heterocycles. The third kappa shape index (κ3) is 7.96. The zero-order chi connectivity index (χ0) is 30.0. The first-order chi connectivity index (χ1) is 21.8. The molecule has 5 atom stereocenters. The van der Waals surface area contributed by atoms with Crippen LogP contribution in [0, 0.1) is 0 Å². The van der Waals surface area contributed by atoms with E-state index in [1.807, 2.05) is 54.6 Å². The second-order valence-electron chi connectivity index (χ2n) is 10.9. The molecule has 1 fully saturated rings. The van der Waals surface area contributed by atoms with E-state index in [0.29, 0.717) is 26.4 Å². The summed E-state index contributed by atoms with van der Waals surface area (Å²) in [5, 5.41) is 2.20. The lowest BCUT2D eigenvalue weighted by molar-refractivity contribution is -0.268. The van der Waals surface area contributed by atoms with E-state index < -0.39 is 18.5 Å². The van der Waals surface area contributed by atoms with Crippen molar-refractivity contribution in [3.05, 3.63) is 150 Å². The second-order valence-corrected chi connectivity index (χ2v) is 12.1. The van der Waals surface area contributed by atoms with Crippen molar-refractivity contribution >= 4 is 22.5 Å². The van der Waals surface area contributed by atoms with Gasteiger partial charge in [0.15, 0.2) is 6.29 Å². The molecule has 0 aliphatic carbocycles. The second kappa shape index (κ2) is 15.5. The Morgan fingerprint density at radius 3 is 1.75 bits per heavy atom. The van der Waals surface area contributed by atoms with Gasteiger partial charge in [0.2, 0.25) is 0 Å². The minimum absolute atomic E-state index is 0.198. The SMILES string of the molecule is CO[C@@H]1O[C@H](COCc2ccccc2)[C@@H](OCc2ccccc2)[C@H](OCc2ccccc2)[C@H]1Sc1ccc2ccccc2c1. The molecule has 0 bridgehead atoms. The number of methoxy groups -OCH3 is 1. The summed E-state index contributed by atoms with van der Waals surface area (Å²) in [6.45, 7) is 1.70. The molecule has 5 aromatic carbocycles. The van der Waals surface area contributed by atoms with Crippen LogP contribution in [0.25, 0.3) is 10.8 Å². The van der Waals surface area contributed by atoms with Gasteiger partial charge in [0.1, 0.15) is 18.3 Å². The highest BCUT2D eigenvalue weighted by Gasteiger charge is 2.48. The predicted octanol–water partition coefficient (Wildman–Crippen LogP) is 8.06. The van der Waals surface area contributed by atoms with Crippen LogP contribution in [0.15, 0.2) is 138 Å². The summed E-state index contributed by atoms with van der Waals surface area (Å²) in [4.78, 5) is 1.12. The number of hydrogen-bond donors (Lipinski definition) is 0. The molecule has 0 amide bonds. The van der Waals surface area contributed by atoms with Gasteiger partial charge in [-0.15, -0.1) is 11.8 Å². The lowest BCUT2D eigenvalue weighted by atomic mass is 10.00. The molecular formula is C38H38O5S. The van der Waals surface area contributed by atoms with Crippen molar-refractivity contribution in [1.82, 2.24) is 0 Å². The Bertz CT molecular complexity index is 1570. The van der Waals surface area contributed by atoms with E-state index >= 15 is 0 Å². The molecule has 6 heteroatoms. The Morgan fingerprint density at radius 1 is 0.591 bits per heavy atom. The molecular weight excluding hydrogens is 568 g/mol. The quantitative estimate of drug-likeness (QED) is 0.135. The maximum atomic E-state index is 6.81. The van der Waals surface area contributed by atoms with E-state index in [9.17, 15) is 0 Å². The summed E-state index contributed by atoms with van der Waals surface area (Å²) < 4.78 is 32.4. The molecule has 0 radical (unpaired) electrons. The number of thioether (sulfide) groups is 1. The molecule has 0 spiro atoms. The summed E-state index contributed by atoms with van der Waals surface area (Å²) in [6.07, 6.45) is -1.69. The van der Waals surface area contributed by atoms with Gasteiger partial charge in [0.05, 0.1) is 31.7 Å². The average Bonchev–Trinajstić information content (AvgIpc) is 3.08. The van der Waals surface area contributed by atoms with Crippen LogP contribution in [0.5, 0.6) is 0 Å². The van der Waals surface area contributed by atoms with Crippen molar-refractivity contribution in [3.8, 4) is 0 Å². The standard InChI is InChI=1S/C38H38O5S/c1-39-38-37(44-33-22-21-31-19-11-12-20-32(31)23-33)36(42-26-30-17-9-4-10-18-30)35(41-25-29-15-7-3-8-16-29)34(43-38)27-40-24-28-13-5-2-6-14-28/h2-23,34-38H,24-27H2,1H3/t34-,35-,36+,37-,38-/m1/s1. The molecule has 1 heterocycles. The summed E-state index contributed by atoms with van der Waals surface area (Å²) in [6, 6.07) is 45.6. The number of rotatable bonds is 13. The third-order valence-electron chi connectivity index (χ3n) is 7.78. The summed E-state index contributed by atoms with van der Waals surface area (Å²) in [5.74, 6) is 0. The monoisotopic (exact) mass is 606 g/mol. The maximum Gasteiger partial charge on any atom is 0.172 e. The number of benzene rings is 5. The fourth-order valence-corrected chi connectivity index (χ4v) is 6.83. The van der Waals surface area contributed by atoms with E-state index in [2.05, 4.69) is 78.9 Å². The van der Waals surface area contributed by atoms with Crippen LogP contribution in [-0.2, 0) is 43.5 Å². The Balaban J connectivity index is 1.29. The Hall–Kier alpha value is -3.49. The van der Waals surface area contributed by atoms with E-state index in [-0.39, 0.29) is 11.4 Å². The minimum atomic E-state index is -0.533. The van der Waals surface area contributed by atoms with Gasteiger partial charge in [0, 0.05) is 12.0 Å². The molecule has 5 nitrogen and oxygen atoms in total. The zero-order valence-corrected chi connectivity index (χ0v) is 25.7. The highest BCUT2D eigenvalue weighted by Crippen LogP contribution is 2.39. The van der Waals surface area contributed by atoms with Crippen molar-refractivity contribution in [2.24, 2.45) is 0 Å². The fraction of sp³-hybridized carbons (Fsp3) is 0.263. The Morgan fingerprint density at radius 2 is 1.14 bits per heavy atom. The van der Waals surface area contributed by atoms with Gasteiger partial charge < -0.3 is 23.7 Å². The largest absolute Gasteiger partial charge is 0.374 e. The molecule has 0 aromatic heterocycles. The number of ether oxygens (including phenoxy) is 5. The first-order valence-corrected chi connectivity index (χ1v) is 15.9. The van der Waals surface area contributed by atoms with E-state index in [1.54, 1.807) is 18.9 Å². The Labute approximate surface area is 264 Å². The zero-order valence-electron chi connectivity index (χ0n) is 24.9. The van der Waals surface area contributed by atoms with Gasteiger partial charge in [0.25, 0.3) is 0 Å². The number of hydrogen-bond acceptors (Lipinski definition) is 6. The summed E-state index contributed by atoms with van der Waals surface area (Å²) in [5.41, 5.74) is 3.29. The van der Waals surface area contributed by atoms with E-state index in [4.69, 9.17) is 23.7 Å². The van der Waals surface area contributed by atoms with Crippen molar-refractivity contribution in [2.45, 2.75) is 54.6 Å². The van der Waals surface area contributed by atoms with Gasteiger partial charge >= 0.3 is 0 Å². The predicted molar refractivity (Wildman–Crippen MR) is 175 cm³/mol. The normalized spacial score (nSPS) is 21.8. The van der Waals surface area contributed by atoms with Crippen molar-refractivity contribution in [2.75, 3.05) is 13.7 Å². The molecule has 1 saturated heterocycles. The van der Waals surface area contributed by atoms with Gasteiger partial charge in [-0.3, -0.25) is 0 Å². The molecule has 0 saturated carbocycles. The molecule has 5 aromatic rings. The van der Waals surface area contributed by atoms with Gasteiger partial charge in [-0.05, 0) is 39.6 Å². The van der Waals surface area contributed by atoms with Crippen LogP contribution in [0.1, 0.15) is 16.7 Å². The van der Waals surface area contributed by atoms with Crippen LogP contribution in [0.2, 0.25) is 0 Å². The van der Waals surface area contributed by atoms with Crippen LogP contribution < -0.4 is 0 Å². The van der Waals surface area contributed by atoms with E-state index in [0.717, 1.165) is 21.6 Å².